The molecular weight excluding hydrogens is 387 g/mol. The molecule has 2 aromatic heterocycles. The number of nitrogens with zero attached hydrogens (tertiary/aromatic N) is 2. The second-order valence-corrected chi connectivity index (χ2v) is 8.22. The fourth-order valence-electron chi connectivity index (χ4n) is 4.20. The predicted octanol–water partition coefficient (Wildman–Crippen LogP) is 3.45. The first-order chi connectivity index (χ1) is 14.1. The summed E-state index contributed by atoms with van der Waals surface area (Å²) in [5.41, 5.74) is 1.29. The number of hydrogen-bond donors (Lipinski definition) is 2. The van der Waals surface area contributed by atoms with Gasteiger partial charge in [-0.05, 0) is 45.2 Å². The van der Waals surface area contributed by atoms with Gasteiger partial charge in [-0.25, -0.2) is 4.98 Å². The van der Waals surface area contributed by atoms with Crippen LogP contribution in [0.5, 0.6) is 0 Å². The first-order valence-corrected chi connectivity index (χ1v) is 10.1. The number of rotatable bonds is 5. The zero-order valence-corrected chi connectivity index (χ0v) is 17.8. The summed E-state index contributed by atoms with van der Waals surface area (Å²) < 4.78 is 14.9. The summed E-state index contributed by atoms with van der Waals surface area (Å²) in [6.07, 6.45) is 6.11. The van der Waals surface area contributed by atoms with E-state index in [4.69, 9.17) is 0 Å². The van der Waals surface area contributed by atoms with Crippen molar-refractivity contribution in [1.82, 2.24) is 14.9 Å². The lowest BCUT2D eigenvalue weighted by Gasteiger charge is -2.34. The fraction of sp³-hybridized carbons (Fsp3) is 0.455. The van der Waals surface area contributed by atoms with E-state index in [-0.39, 0.29) is 22.5 Å². The Morgan fingerprint density at radius 2 is 1.83 bits per heavy atom. The molecule has 1 saturated carbocycles. The molecule has 2 heterocycles. The second kappa shape index (κ2) is 8.38. The monoisotopic (exact) mass is 414 g/mol. The van der Waals surface area contributed by atoms with Crippen molar-refractivity contribution in [3.05, 3.63) is 46.8 Å². The van der Waals surface area contributed by atoms with Gasteiger partial charge >= 0.3 is 0 Å². The third-order valence-electron chi connectivity index (χ3n) is 5.94. The second-order valence-electron chi connectivity index (χ2n) is 8.22. The molecule has 160 valence electrons. The van der Waals surface area contributed by atoms with Crippen LogP contribution in [0, 0.1) is 19.8 Å². The van der Waals surface area contributed by atoms with Crippen LogP contribution in [0.2, 0.25) is 0 Å². The number of aromatic nitrogens is 2. The van der Waals surface area contributed by atoms with Gasteiger partial charge in [0.05, 0.1) is 11.3 Å². The molecule has 1 fully saturated rings. The van der Waals surface area contributed by atoms with Crippen LogP contribution in [0.25, 0.3) is 0 Å². The normalized spacial score (nSPS) is 15.5. The van der Waals surface area contributed by atoms with Gasteiger partial charge in [0, 0.05) is 36.2 Å². The Morgan fingerprint density at radius 1 is 1.17 bits per heavy atom. The van der Waals surface area contributed by atoms with Crippen LogP contribution in [0.1, 0.15) is 71.1 Å². The molecule has 8 heteroatoms. The summed E-state index contributed by atoms with van der Waals surface area (Å²) in [5.74, 6) is -2.52. The highest BCUT2D eigenvalue weighted by molar-refractivity contribution is 6.43. The zero-order valence-electron chi connectivity index (χ0n) is 17.8. The smallest absolute Gasteiger partial charge is 0.294 e. The highest BCUT2D eigenvalue weighted by Gasteiger charge is 2.34. The molecule has 3 rings (SSSR count). The van der Waals surface area contributed by atoms with Crippen molar-refractivity contribution in [2.75, 3.05) is 5.32 Å². The molecule has 0 aromatic carbocycles. The van der Waals surface area contributed by atoms with Gasteiger partial charge in [0.15, 0.2) is 0 Å². The lowest BCUT2D eigenvalue weighted by molar-refractivity contribution is -0.119. The summed E-state index contributed by atoms with van der Waals surface area (Å²) in [4.78, 5) is 42.0. The largest absolute Gasteiger partial charge is 0.344 e. The Morgan fingerprint density at radius 3 is 2.47 bits per heavy atom. The zero-order chi connectivity index (χ0) is 22.1. The van der Waals surface area contributed by atoms with E-state index in [0.29, 0.717) is 11.3 Å². The van der Waals surface area contributed by atoms with E-state index in [2.05, 4.69) is 15.6 Å². The van der Waals surface area contributed by atoms with Crippen LogP contribution in [0.4, 0.5) is 10.1 Å². The van der Waals surface area contributed by atoms with Gasteiger partial charge in [0.1, 0.15) is 0 Å². The summed E-state index contributed by atoms with van der Waals surface area (Å²) in [5, 5.41) is 5.52. The Labute approximate surface area is 175 Å². The molecular formula is C22H27FN4O3. The molecule has 0 aliphatic heterocycles. The predicted molar refractivity (Wildman–Crippen MR) is 111 cm³/mol. The van der Waals surface area contributed by atoms with Gasteiger partial charge in [0.25, 0.3) is 17.6 Å². The number of hydrogen-bond acceptors (Lipinski definition) is 4. The molecule has 30 heavy (non-hydrogen) atoms. The number of nitrogens with one attached hydrogen (secondary N) is 2. The van der Waals surface area contributed by atoms with Gasteiger partial charge in [0.2, 0.25) is 5.95 Å². The molecule has 0 radical (unpaired) electrons. The number of pyridine rings is 1. The van der Waals surface area contributed by atoms with Crippen LogP contribution >= 0.6 is 0 Å². The average molecular weight is 414 g/mol. The van der Waals surface area contributed by atoms with E-state index in [1.165, 1.54) is 12.3 Å². The number of Topliss-reactive ketones (excluding diaryl/α,β-unsaturated/α-hetero) is 1. The summed E-state index contributed by atoms with van der Waals surface area (Å²) in [6, 6.07) is 2.58. The lowest BCUT2D eigenvalue weighted by atomic mass is 9.83. The standard InChI is InChI=1S/C22H27FN4O3/c1-13-17(20(29)25-15-8-11-24-16(23)12-15)14(2)27(4)18(13)19(28)21(30)26-22(3)9-6-5-7-10-22/h8,11-12H,5-7,9-10H2,1-4H3,(H,26,30)(H,24,25,29). The highest BCUT2D eigenvalue weighted by atomic mass is 19.1. The molecule has 0 unspecified atom stereocenters. The molecule has 0 bridgehead atoms. The van der Waals surface area contributed by atoms with Crippen molar-refractivity contribution in [3.8, 4) is 0 Å². The molecule has 0 atom stereocenters. The average Bonchev–Trinajstić information content (AvgIpc) is 2.90. The Bertz CT molecular complexity index is 1010. The third-order valence-corrected chi connectivity index (χ3v) is 5.94. The van der Waals surface area contributed by atoms with Crippen LogP contribution < -0.4 is 10.6 Å². The number of anilines is 1. The molecule has 2 aromatic rings. The van der Waals surface area contributed by atoms with Gasteiger partial charge < -0.3 is 15.2 Å². The molecule has 0 spiro atoms. The van der Waals surface area contributed by atoms with E-state index in [1.807, 2.05) is 6.92 Å². The first kappa shape index (κ1) is 21.7. The van der Waals surface area contributed by atoms with Crippen LogP contribution in [0.3, 0.4) is 0 Å². The van der Waals surface area contributed by atoms with Crippen LogP contribution in [-0.4, -0.2) is 32.7 Å². The summed E-state index contributed by atoms with van der Waals surface area (Å²) >= 11 is 0. The number of halogens is 1. The quantitative estimate of drug-likeness (QED) is 0.445. The van der Waals surface area contributed by atoms with Gasteiger partial charge in [-0.15, -0.1) is 0 Å². The van der Waals surface area contributed by atoms with E-state index in [9.17, 15) is 18.8 Å². The minimum absolute atomic E-state index is 0.176. The SMILES string of the molecule is Cc1c(C(=O)Nc2ccnc(F)c2)c(C)n(C)c1C(=O)C(=O)NC1(C)CCCCC1. The lowest BCUT2D eigenvalue weighted by Crippen LogP contribution is -2.50. The van der Waals surface area contributed by atoms with Gasteiger partial charge in [-0.2, -0.15) is 4.39 Å². The highest BCUT2D eigenvalue weighted by Crippen LogP contribution is 2.28. The maximum absolute atomic E-state index is 13.3. The van der Waals surface area contributed by atoms with E-state index in [0.717, 1.165) is 38.2 Å². The Balaban J connectivity index is 1.85. The topological polar surface area (TPSA) is 93.1 Å². The van der Waals surface area contributed by atoms with Crippen molar-refractivity contribution in [2.45, 2.75) is 58.4 Å². The van der Waals surface area contributed by atoms with Crippen LogP contribution in [0.15, 0.2) is 18.3 Å². The fourth-order valence-corrected chi connectivity index (χ4v) is 4.20. The summed E-state index contributed by atoms with van der Waals surface area (Å²) in [7, 11) is 1.65. The van der Waals surface area contributed by atoms with E-state index >= 15 is 0 Å². The molecule has 2 amide bonds. The molecule has 2 N–H and O–H groups in total. The maximum atomic E-state index is 13.3. The molecule has 7 nitrogen and oxygen atoms in total. The number of carbonyl (C=O) groups excluding carboxylic acids is 3. The Kier molecular flexibility index (Phi) is 6.05. The van der Waals surface area contributed by atoms with Crippen molar-refractivity contribution >= 4 is 23.3 Å². The van der Waals surface area contributed by atoms with Gasteiger partial charge in [-0.3, -0.25) is 14.4 Å². The third kappa shape index (κ3) is 4.27. The molecule has 1 aliphatic carbocycles. The van der Waals surface area contributed by atoms with E-state index in [1.54, 1.807) is 25.5 Å². The molecule has 0 saturated heterocycles. The van der Waals surface area contributed by atoms with E-state index < -0.39 is 23.5 Å². The molecule has 1 aliphatic rings. The van der Waals surface area contributed by atoms with Crippen molar-refractivity contribution in [2.24, 2.45) is 7.05 Å². The number of amides is 2. The first-order valence-electron chi connectivity index (χ1n) is 10.1. The summed E-state index contributed by atoms with van der Waals surface area (Å²) in [6.45, 7) is 5.30. The minimum Gasteiger partial charge on any atom is -0.344 e. The van der Waals surface area contributed by atoms with Crippen molar-refractivity contribution in [1.29, 1.82) is 0 Å². The number of carbonyl (C=O) groups is 3. The van der Waals surface area contributed by atoms with Crippen molar-refractivity contribution < 1.29 is 18.8 Å². The number of ketones is 1. The van der Waals surface area contributed by atoms with Crippen LogP contribution in [-0.2, 0) is 11.8 Å². The van der Waals surface area contributed by atoms with Crippen molar-refractivity contribution in [3.63, 3.8) is 0 Å². The Hall–Kier alpha value is -3.03. The van der Waals surface area contributed by atoms with Gasteiger partial charge in [-0.1, -0.05) is 19.3 Å². The minimum atomic E-state index is -0.710. The maximum Gasteiger partial charge on any atom is 0.294 e.